The van der Waals surface area contributed by atoms with Crippen LogP contribution >= 0.6 is 11.8 Å². The van der Waals surface area contributed by atoms with Gasteiger partial charge in [-0.25, -0.2) is 23.7 Å². The molecule has 3 rings (SSSR count). The van der Waals surface area contributed by atoms with E-state index in [4.69, 9.17) is 0 Å². The van der Waals surface area contributed by atoms with E-state index in [1.54, 1.807) is 32.9 Å². The van der Waals surface area contributed by atoms with E-state index in [0.29, 0.717) is 16.8 Å². The predicted octanol–water partition coefficient (Wildman–Crippen LogP) is 3.45. The molecule has 2 aromatic carbocycles. The number of thioether (sulfide) groups is 1. The summed E-state index contributed by atoms with van der Waals surface area (Å²) in [5, 5.41) is 14.2. The van der Waals surface area contributed by atoms with Gasteiger partial charge in [-0.2, -0.15) is 10.1 Å². The molecule has 0 saturated heterocycles. The first-order valence-corrected chi connectivity index (χ1v) is 12.8. The number of nitrogens with zero attached hydrogens (tertiary/aromatic N) is 3. The predicted molar refractivity (Wildman–Crippen MR) is 135 cm³/mol. The summed E-state index contributed by atoms with van der Waals surface area (Å²) in [7, 11) is -3.64. The van der Waals surface area contributed by atoms with E-state index in [1.807, 2.05) is 37.3 Å². The SMILES string of the molecule is C/C(=N/Nc1nc(SCC(=O)Nc2ccc(S(=O)(=O)NC(C)(C)C)cc2)n[nH]1)c1ccccc1. The van der Waals surface area contributed by atoms with E-state index in [2.05, 4.69) is 35.7 Å². The summed E-state index contributed by atoms with van der Waals surface area (Å²) in [6, 6.07) is 15.7. The zero-order chi connectivity index (χ0) is 24.8. The summed E-state index contributed by atoms with van der Waals surface area (Å²) in [6.45, 7) is 7.18. The molecule has 1 heterocycles. The number of aromatic nitrogens is 3. The van der Waals surface area contributed by atoms with Gasteiger partial charge in [-0.1, -0.05) is 42.1 Å². The Kier molecular flexibility index (Phi) is 8.07. The lowest BCUT2D eigenvalue weighted by atomic mass is 10.1. The summed E-state index contributed by atoms with van der Waals surface area (Å²) in [6.07, 6.45) is 0. The average molecular weight is 502 g/mol. The minimum Gasteiger partial charge on any atom is -0.325 e. The minimum atomic E-state index is -3.64. The third kappa shape index (κ3) is 7.68. The van der Waals surface area contributed by atoms with E-state index >= 15 is 0 Å². The van der Waals surface area contributed by atoms with Gasteiger partial charge in [-0.3, -0.25) is 4.79 Å². The Morgan fingerprint density at radius 2 is 1.76 bits per heavy atom. The van der Waals surface area contributed by atoms with E-state index in [-0.39, 0.29) is 16.6 Å². The Bertz CT molecular complexity index is 1250. The molecule has 0 atom stereocenters. The van der Waals surface area contributed by atoms with Crippen LogP contribution in [0.2, 0.25) is 0 Å². The molecular weight excluding hydrogens is 474 g/mol. The Morgan fingerprint density at radius 1 is 1.09 bits per heavy atom. The minimum absolute atomic E-state index is 0.0786. The van der Waals surface area contributed by atoms with Crippen molar-refractivity contribution in [2.45, 2.75) is 43.3 Å². The Balaban J connectivity index is 1.50. The molecule has 0 saturated carbocycles. The number of hydrogen-bond acceptors (Lipinski definition) is 8. The molecule has 180 valence electrons. The van der Waals surface area contributed by atoms with Crippen LogP contribution in [0.5, 0.6) is 0 Å². The smallest absolute Gasteiger partial charge is 0.241 e. The van der Waals surface area contributed by atoms with E-state index in [9.17, 15) is 13.2 Å². The maximum absolute atomic E-state index is 12.4. The molecule has 0 aliphatic heterocycles. The van der Waals surface area contributed by atoms with Crippen LogP contribution in [0, 0.1) is 0 Å². The number of benzene rings is 2. The quantitative estimate of drug-likeness (QED) is 0.200. The van der Waals surface area contributed by atoms with Crippen molar-refractivity contribution in [3.05, 3.63) is 60.2 Å². The van der Waals surface area contributed by atoms with Crippen molar-refractivity contribution >= 4 is 45.0 Å². The second-order valence-electron chi connectivity index (χ2n) is 8.36. The zero-order valence-corrected chi connectivity index (χ0v) is 20.9. The van der Waals surface area contributed by atoms with Crippen molar-refractivity contribution in [1.29, 1.82) is 0 Å². The largest absolute Gasteiger partial charge is 0.325 e. The van der Waals surface area contributed by atoms with Crippen LogP contribution in [0.1, 0.15) is 33.3 Å². The number of hydrogen-bond donors (Lipinski definition) is 4. The molecule has 0 spiro atoms. The summed E-state index contributed by atoms with van der Waals surface area (Å²) in [4.78, 5) is 16.6. The molecule has 10 nitrogen and oxygen atoms in total. The van der Waals surface area contributed by atoms with Gasteiger partial charge < -0.3 is 5.32 Å². The standard InChI is InChI=1S/C22H27N7O3S2/c1-15(16-8-6-5-7-9-16)25-26-20-24-21(28-27-20)33-14-19(30)23-17-10-12-18(13-11-17)34(31,32)29-22(2,3)4/h5-13,29H,14H2,1-4H3,(H,23,30)(H2,24,26,27,28)/b25-15-. The van der Waals surface area contributed by atoms with Gasteiger partial charge in [0.1, 0.15) is 0 Å². The highest BCUT2D eigenvalue weighted by Gasteiger charge is 2.21. The van der Waals surface area contributed by atoms with Crippen LogP contribution < -0.4 is 15.5 Å². The van der Waals surface area contributed by atoms with Crippen LogP contribution in [0.3, 0.4) is 0 Å². The highest BCUT2D eigenvalue weighted by molar-refractivity contribution is 7.99. The molecule has 1 amide bonds. The first-order valence-electron chi connectivity index (χ1n) is 10.4. The molecular formula is C22H27N7O3S2. The first kappa shape index (κ1) is 25.4. The lowest BCUT2D eigenvalue weighted by Crippen LogP contribution is -2.40. The van der Waals surface area contributed by atoms with Gasteiger partial charge in [-0.15, -0.1) is 5.10 Å². The lowest BCUT2D eigenvalue weighted by Gasteiger charge is -2.20. The van der Waals surface area contributed by atoms with Crippen molar-refractivity contribution in [2.24, 2.45) is 5.10 Å². The van der Waals surface area contributed by atoms with Gasteiger partial charge in [0.2, 0.25) is 27.0 Å². The fourth-order valence-corrected chi connectivity index (χ4v) is 4.77. The second kappa shape index (κ2) is 10.8. The van der Waals surface area contributed by atoms with Crippen molar-refractivity contribution in [3.63, 3.8) is 0 Å². The van der Waals surface area contributed by atoms with Gasteiger partial charge in [0.05, 0.1) is 16.4 Å². The zero-order valence-electron chi connectivity index (χ0n) is 19.3. The summed E-state index contributed by atoms with van der Waals surface area (Å²) < 4.78 is 27.3. The number of H-pyrrole nitrogens is 1. The topological polar surface area (TPSA) is 141 Å². The monoisotopic (exact) mass is 501 g/mol. The molecule has 3 aromatic rings. The summed E-state index contributed by atoms with van der Waals surface area (Å²) in [5.41, 5.74) is 4.48. The molecule has 0 aliphatic carbocycles. The maximum Gasteiger partial charge on any atom is 0.241 e. The Morgan fingerprint density at radius 3 is 2.41 bits per heavy atom. The van der Waals surface area contributed by atoms with Gasteiger partial charge in [-0.05, 0) is 57.5 Å². The molecule has 0 fully saturated rings. The highest BCUT2D eigenvalue weighted by atomic mass is 32.2. The van der Waals surface area contributed by atoms with E-state index in [0.717, 1.165) is 23.0 Å². The van der Waals surface area contributed by atoms with Gasteiger partial charge in [0.25, 0.3) is 0 Å². The van der Waals surface area contributed by atoms with Gasteiger partial charge in [0, 0.05) is 11.2 Å². The highest BCUT2D eigenvalue weighted by Crippen LogP contribution is 2.18. The van der Waals surface area contributed by atoms with Gasteiger partial charge in [0.15, 0.2) is 0 Å². The van der Waals surface area contributed by atoms with Crippen LogP contribution in [-0.2, 0) is 14.8 Å². The van der Waals surface area contributed by atoms with Crippen LogP contribution in [0.15, 0.2) is 69.8 Å². The number of anilines is 2. The third-order valence-electron chi connectivity index (χ3n) is 4.21. The van der Waals surface area contributed by atoms with Crippen LogP contribution in [0.4, 0.5) is 11.6 Å². The number of carbonyl (C=O) groups is 1. The summed E-state index contributed by atoms with van der Waals surface area (Å²) >= 11 is 1.15. The number of hydrazone groups is 1. The third-order valence-corrected chi connectivity index (χ3v) is 6.83. The summed E-state index contributed by atoms with van der Waals surface area (Å²) in [5.74, 6) is 0.166. The number of rotatable bonds is 9. The van der Waals surface area contributed by atoms with Crippen LogP contribution in [0.25, 0.3) is 0 Å². The normalized spacial score (nSPS) is 12.4. The number of aromatic amines is 1. The first-order chi connectivity index (χ1) is 16.0. The van der Waals surface area contributed by atoms with Crippen molar-refractivity contribution in [1.82, 2.24) is 19.9 Å². The molecule has 0 unspecified atom stereocenters. The lowest BCUT2D eigenvalue weighted by molar-refractivity contribution is -0.113. The van der Waals surface area contributed by atoms with Crippen molar-refractivity contribution < 1.29 is 13.2 Å². The fourth-order valence-electron chi connectivity index (χ4n) is 2.75. The van der Waals surface area contributed by atoms with Crippen LogP contribution in [-0.4, -0.2) is 46.5 Å². The Hall–Kier alpha value is -3.22. The van der Waals surface area contributed by atoms with Crippen molar-refractivity contribution in [2.75, 3.05) is 16.5 Å². The number of carbonyl (C=O) groups excluding carboxylic acids is 1. The molecule has 1 aromatic heterocycles. The molecule has 0 aliphatic rings. The molecule has 34 heavy (non-hydrogen) atoms. The second-order valence-corrected chi connectivity index (χ2v) is 11.0. The van der Waals surface area contributed by atoms with Crippen molar-refractivity contribution in [3.8, 4) is 0 Å². The average Bonchev–Trinajstić information content (AvgIpc) is 3.23. The number of nitrogens with one attached hydrogen (secondary N) is 4. The Labute approximate surface area is 203 Å². The fraction of sp³-hybridized carbons (Fsp3) is 0.273. The van der Waals surface area contributed by atoms with Gasteiger partial charge >= 0.3 is 0 Å². The molecule has 4 N–H and O–H groups in total. The number of sulfonamides is 1. The molecule has 0 bridgehead atoms. The van der Waals surface area contributed by atoms with E-state index in [1.165, 1.54) is 12.1 Å². The number of amides is 1. The van der Waals surface area contributed by atoms with E-state index < -0.39 is 15.6 Å². The molecule has 12 heteroatoms. The molecule has 0 radical (unpaired) electrons. The maximum atomic E-state index is 12.4.